The van der Waals surface area contributed by atoms with Crippen molar-refractivity contribution in [2.45, 2.75) is 33.7 Å². The predicted molar refractivity (Wildman–Crippen MR) is 109 cm³/mol. The molecule has 3 nitrogen and oxygen atoms in total. The Kier molecular flexibility index (Phi) is 7.61. The molecule has 3 rings (SSSR count). The van der Waals surface area contributed by atoms with E-state index in [2.05, 4.69) is 30.2 Å². The molecule has 0 aromatic heterocycles. The van der Waals surface area contributed by atoms with Crippen LogP contribution in [0.15, 0.2) is 66.4 Å². The van der Waals surface area contributed by atoms with E-state index in [-0.39, 0.29) is 5.91 Å². The zero-order chi connectivity index (χ0) is 18.9. The summed E-state index contributed by atoms with van der Waals surface area (Å²) in [5, 5.41) is 0. The highest BCUT2D eigenvalue weighted by Gasteiger charge is 2.23. The summed E-state index contributed by atoms with van der Waals surface area (Å²) in [6.07, 6.45) is 3.09. The van der Waals surface area contributed by atoms with Gasteiger partial charge in [-0.25, -0.2) is 0 Å². The summed E-state index contributed by atoms with van der Waals surface area (Å²) >= 11 is 0. The molecule has 1 heterocycles. The number of carbonyl (C=O) groups is 1. The quantitative estimate of drug-likeness (QED) is 0.784. The van der Waals surface area contributed by atoms with Crippen molar-refractivity contribution in [3.8, 4) is 0 Å². The van der Waals surface area contributed by atoms with E-state index < -0.39 is 0 Å². The summed E-state index contributed by atoms with van der Waals surface area (Å²) in [6, 6.07) is 18.0. The van der Waals surface area contributed by atoms with Crippen LogP contribution in [0.25, 0.3) is 0 Å². The van der Waals surface area contributed by atoms with Crippen molar-refractivity contribution >= 4 is 5.91 Å². The van der Waals surface area contributed by atoms with Crippen molar-refractivity contribution in [1.82, 2.24) is 9.80 Å². The van der Waals surface area contributed by atoms with Gasteiger partial charge in [0.25, 0.3) is 5.91 Å². The van der Waals surface area contributed by atoms with E-state index in [1.807, 2.05) is 68.1 Å². The molecule has 0 saturated heterocycles. The first kappa shape index (κ1) is 19.9. The molecule has 138 valence electrons. The summed E-state index contributed by atoms with van der Waals surface area (Å²) in [4.78, 5) is 17.4. The number of likely N-dealkylation sites (N-methyl/N-ethyl adjacent to an activating group) is 1. The third-order valence-corrected chi connectivity index (χ3v) is 4.54. The Balaban J connectivity index is 0.00000117. The highest BCUT2D eigenvalue weighted by Crippen LogP contribution is 2.22. The lowest BCUT2D eigenvalue weighted by Gasteiger charge is -2.31. The molecule has 2 aromatic rings. The number of nitrogens with zero attached hydrogens (tertiary/aromatic N) is 2. The van der Waals surface area contributed by atoms with Gasteiger partial charge >= 0.3 is 0 Å². The molecule has 0 N–H and O–H groups in total. The Morgan fingerprint density at radius 1 is 1.04 bits per heavy atom. The van der Waals surface area contributed by atoms with Gasteiger partial charge in [0.15, 0.2) is 0 Å². The van der Waals surface area contributed by atoms with Gasteiger partial charge < -0.3 is 9.80 Å². The number of carbonyl (C=O) groups excluding carboxylic acids is 1. The van der Waals surface area contributed by atoms with Crippen LogP contribution < -0.4 is 0 Å². The van der Waals surface area contributed by atoms with Crippen molar-refractivity contribution < 1.29 is 4.79 Å². The van der Waals surface area contributed by atoms with Gasteiger partial charge in [0, 0.05) is 30.8 Å². The van der Waals surface area contributed by atoms with Gasteiger partial charge in [-0.05, 0) is 31.2 Å². The average Bonchev–Trinajstić information content (AvgIpc) is 2.69. The number of benzene rings is 2. The Labute approximate surface area is 157 Å². The second-order valence-corrected chi connectivity index (χ2v) is 6.40. The Morgan fingerprint density at radius 3 is 2.31 bits per heavy atom. The minimum absolute atomic E-state index is 0.0905. The molecular weight excluding hydrogens is 320 g/mol. The molecule has 0 radical (unpaired) electrons. The number of amides is 1. The van der Waals surface area contributed by atoms with Crippen molar-refractivity contribution in [2.24, 2.45) is 0 Å². The molecular formula is C23H30N2O. The van der Waals surface area contributed by atoms with Crippen LogP contribution in [-0.2, 0) is 6.54 Å². The average molecular weight is 351 g/mol. The van der Waals surface area contributed by atoms with Crippen LogP contribution in [0, 0.1) is 6.92 Å². The van der Waals surface area contributed by atoms with Crippen molar-refractivity contribution in [3.05, 3.63) is 83.1 Å². The van der Waals surface area contributed by atoms with Crippen LogP contribution in [0.5, 0.6) is 0 Å². The first-order valence-electron chi connectivity index (χ1n) is 9.44. The number of aryl methyl sites for hydroxylation is 1. The lowest BCUT2D eigenvalue weighted by molar-refractivity contribution is 0.0783. The second kappa shape index (κ2) is 9.93. The maximum atomic E-state index is 13.2. The molecule has 26 heavy (non-hydrogen) atoms. The zero-order valence-corrected chi connectivity index (χ0v) is 16.4. The minimum atomic E-state index is 0.0905. The van der Waals surface area contributed by atoms with E-state index in [0.29, 0.717) is 6.54 Å². The predicted octanol–water partition coefficient (Wildman–Crippen LogP) is 4.88. The highest BCUT2D eigenvalue weighted by atomic mass is 16.2. The smallest absolute Gasteiger partial charge is 0.258 e. The molecule has 0 fully saturated rings. The van der Waals surface area contributed by atoms with Crippen molar-refractivity contribution in [2.75, 3.05) is 20.1 Å². The lowest BCUT2D eigenvalue weighted by atomic mass is 10.1. The first-order valence-corrected chi connectivity index (χ1v) is 9.44. The fourth-order valence-corrected chi connectivity index (χ4v) is 3.03. The van der Waals surface area contributed by atoms with Gasteiger partial charge in [0.05, 0.1) is 6.54 Å². The Morgan fingerprint density at radius 2 is 1.69 bits per heavy atom. The van der Waals surface area contributed by atoms with E-state index in [1.165, 1.54) is 0 Å². The molecule has 0 saturated carbocycles. The van der Waals surface area contributed by atoms with Crippen LogP contribution in [0.3, 0.4) is 0 Å². The van der Waals surface area contributed by atoms with Gasteiger partial charge in [0.2, 0.25) is 0 Å². The second-order valence-electron chi connectivity index (χ2n) is 6.40. The maximum Gasteiger partial charge on any atom is 0.258 e. The van der Waals surface area contributed by atoms with Gasteiger partial charge in [0.1, 0.15) is 0 Å². The van der Waals surface area contributed by atoms with E-state index in [4.69, 9.17) is 0 Å². The van der Waals surface area contributed by atoms with E-state index in [9.17, 15) is 4.79 Å². The van der Waals surface area contributed by atoms with Crippen LogP contribution in [0.4, 0.5) is 0 Å². The molecule has 0 atom stereocenters. The summed E-state index contributed by atoms with van der Waals surface area (Å²) < 4.78 is 0. The third-order valence-electron chi connectivity index (χ3n) is 4.54. The minimum Gasteiger partial charge on any atom is -0.308 e. The molecule has 2 aromatic carbocycles. The number of hydrogen-bond acceptors (Lipinski definition) is 2. The molecule has 0 spiro atoms. The topological polar surface area (TPSA) is 23.6 Å². The zero-order valence-electron chi connectivity index (χ0n) is 16.4. The van der Waals surface area contributed by atoms with Crippen molar-refractivity contribution in [3.63, 3.8) is 0 Å². The normalized spacial score (nSPS) is 14.1. The summed E-state index contributed by atoms with van der Waals surface area (Å²) in [6.45, 7) is 8.49. The number of hydrogen-bond donors (Lipinski definition) is 0. The van der Waals surface area contributed by atoms with Gasteiger partial charge in [-0.15, -0.1) is 0 Å². The summed E-state index contributed by atoms with van der Waals surface area (Å²) in [5.74, 6) is 0.0905. The molecule has 0 bridgehead atoms. The number of rotatable bonds is 4. The molecule has 1 aliphatic heterocycles. The summed E-state index contributed by atoms with van der Waals surface area (Å²) in [5.41, 5.74) is 4.09. The standard InChI is InChI=1S/C21H24N2O.C2H6/c1-17-8-6-7-11-20(17)21(24)23(16-18-9-4-3-5-10-18)19-12-14-22(2)15-13-19;1-2/h3-12H,13-16H2,1-2H3;1-2H3. The molecule has 1 amide bonds. The van der Waals surface area contributed by atoms with Crippen LogP contribution in [0.1, 0.15) is 41.8 Å². The maximum absolute atomic E-state index is 13.2. The highest BCUT2D eigenvalue weighted by molar-refractivity contribution is 5.96. The molecule has 3 heteroatoms. The van der Waals surface area contributed by atoms with Gasteiger partial charge in [-0.3, -0.25) is 4.79 Å². The fraction of sp³-hybridized carbons (Fsp3) is 0.348. The van der Waals surface area contributed by atoms with Crippen LogP contribution in [0.2, 0.25) is 0 Å². The van der Waals surface area contributed by atoms with E-state index >= 15 is 0 Å². The first-order chi connectivity index (χ1) is 12.6. The fourth-order valence-electron chi connectivity index (χ4n) is 3.03. The van der Waals surface area contributed by atoms with Crippen molar-refractivity contribution in [1.29, 1.82) is 0 Å². The molecule has 1 aliphatic rings. The van der Waals surface area contributed by atoms with E-state index in [1.54, 1.807) is 0 Å². The molecule has 0 unspecified atom stereocenters. The van der Waals surface area contributed by atoms with Crippen LogP contribution >= 0.6 is 0 Å². The van der Waals surface area contributed by atoms with E-state index in [0.717, 1.165) is 41.9 Å². The SMILES string of the molecule is CC.Cc1ccccc1C(=O)N(Cc1ccccc1)C1=CCN(C)CC1. The molecule has 0 aliphatic carbocycles. The third kappa shape index (κ3) is 5.06. The van der Waals surface area contributed by atoms with Crippen LogP contribution in [-0.4, -0.2) is 35.8 Å². The lowest BCUT2D eigenvalue weighted by Crippen LogP contribution is -2.35. The Bertz CT molecular complexity index is 737. The monoisotopic (exact) mass is 350 g/mol. The van der Waals surface area contributed by atoms with Gasteiger partial charge in [-0.1, -0.05) is 68.5 Å². The Hall–Kier alpha value is -2.39. The largest absolute Gasteiger partial charge is 0.308 e. The summed E-state index contributed by atoms with van der Waals surface area (Å²) in [7, 11) is 2.11. The van der Waals surface area contributed by atoms with Gasteiger partial charge in [-0.2, -0.15) is 0 Å².